The van der Waals surface area contributed by atoms with Gasteiger partial charge in [0.1, 0.15) is 11.3 Å². The first-order valence-corrected chi connectivity index (χ1v) is 10.8. The van der Waals surface area contributed by atoms with Gasteiger partial charge in [-0.15, -0.1) is 10.2 Å². The number of likely N-dealkylation sites (tertiary alicyclic amines) is 1. The molecule has 162 valence electrons. The van der Waals surface area contributed by atoms with Gasteiger partial charge in [0.15, 0.2) is 0 Å². The largest absolute Gasteiger partial charge is 0.497 e. The summed E-state index contributed by atoms with van der Waals surface area (Å²) in [5.41, 5.74) is 2.65. The molecular weight excluding hydrogens is 404 g/mol. The first-order valence-electron chi connectivity index (χ1n) is 9.88. The maximum absolute atomic E-state index is 12.7. The average Bonchev–Trinajstić information content (AvgIpc) is 3.26. The highest BCUT2D eigenvalue weighted by Gasteiger charge is 2.28. The van der Waals surface area contributed by atoms with E-state index in [4.69, 9.17) is 4.74 Å². The summed E-state index contributed by atoms with van der Waals surface area (Å²) >= 11 is 1.29. The lowest BCUT2D eigenvalue weighted by atomic mass is 9.96. The van der Waals surface area contributed by atoms with E-state index in [1.807, 2.05) is 38.4 Å². The number of rotatable bonds is 7. The number of aromatic nitrogens is 2. The van der Waals surface area contributed by atoms with E-state index in [0.717, 1.165) is 11.3 Å². The molecule has 0 bridgehead atoms. The fourth-order valence-electron chi connectivity index (χ4n) is 3.52. The summed E-state index contributed by atoms with van der Waals surface area (Å²) in [6, 6.07) is 7.79. The number of urea groups is 1. The standard InChI is InChI=1S/C20H28N6O3S/c1-25(2)17(15-5-4-6-16(11-15)29-3)12-21-20(28)26-9-7-14(8-10-26)18(27)23-19-24-22-13-30-19/h4-6,11,13-14,17H,7-10,12H2,1-3H3,(H,21,28)(H,23,24,27). The van der Waals surface area contributed by atoms with Crippen molar-refractivity contribution in [3.05, 3.63) is 35.3 Å². The van der Waals surface area contributed by atoms with Gasteiger partial charge in [-0.1, -0.05) is 23.5 Å². The summed E-state index contributed by atoms with van der Waals surface area (Å²) in [7, 11) is 5.61. The number of benzene rings is 1. The molecule has 0 saturated carbocycles. The van der Waals surface area contributed by atoms with Crippen LogP contribution in [0.25, 0.3) is 0 Å². The zero-order valence-electron chi connectivity index (χ0n) is 17.5. The number of carbonyl (C=O) groups is 2. The Kier molecular flexibility index (Phi) is 7.58. The molecule has 30 heavy (non-hydrogen) atoms. The third kappa shape index (κ3) is 5.67. The molecule has 3 rings (SSSR count). The number of nitrogens with one attached hydrogen (secondary N) is 2. The second kappa shape index (κ2) is 10.4. The van der Waals surface area contributed by atoms with E-state index < -0.39 is 0 Å². The summed E-state index contributed by atoms with van der Waals surface area (Å²) in [5.74, 6) is 0.612. The molecule has 3 amide bonds. The number of carbonyl (C=O) groups excluding carboxylic acids is 2. The number of likely N-dealkylation sites (N-methyl/N-ethyl adjacent to an activating group) is 1. The van der Waals surface area contributed by atoms with Crippen molar-refractivity contribution in [2.75, 3.05) is 46.2 Å². The lowest BCUT2D eigenvalue weighted by Crippen LogP contribution is -2.47. The van der Waals surface area contributed by atoms with Crippen LogP contribution in [-0.2, 0) is 4.79 Å². The monoisotopic (exact) mass is 432 g/mol. The molecule has 1 aromatic carbocycles. The highest BCUT2D eigenvalue weighted by molar-refractivity contribution is 7.13. The Balaban J connectivity index is 1.49. The number of nitrogens with zero attached hydrogens (tertiary/aromatic N) is 4. The third-order valence-corrected chi connectivity index (χ3v) is 5.90. The predicted octanol–water partition coefficient (Wildman–Crippen LogP) is 2.21. The molecule has 1 aliphatic heterocycles. The fraction of sp³-hybridized carbons (Fsp3) is 0.500. The van der Waals surface area contributed by atoms with E-state index in [1.54, 1.807) is 17.5 Å². The van der Waals surface area contributed by atoms with Crippen LogP contribution in [0, 0.1) is 5.92 Å². The van der Waals surface area contributed by atoms with Crippen molar-refractivity contribution in [1.82, 2.24) is 25.3 Å². The van der Waals surface area contributed by atoms with Crippen LogP contribution in [0.4, 0.5) is 9.93 Å². The highest BCUT2D eigenvalue weighted by atomic mass is 32.1. The molecule has 1 aliphatic rings. The molecule has 0 radical (unpaired) electrons. The minimum absolute atomic E-state index is 0.0271. The van der Waals surface area contributed by atoms with E-state index in [2.05, 4.69) is 25.7 Å². The minimum Gasteiger partial charge on any atom is -0.497 e. The van der Waals surface area contributed by atoms with Crippen LogP contribution in [0.2, 0.25) is 0 Å². The van der Waals surface area contributed by atoms with Gasteiger partial charge in [-0.2, -0.15) is 0 Å². The first-order chi connectivity index (χ1) is 14.5. The van der Waals surface area contributed by atoms with Crippen molar-refractivity contribution in [3.8, 4) is 5.75 Å². The van der Waals surface area contributed by atoms with Crippen LogP contribution in [0.15, 0.2) is 29.8 Å². The Bertz CT molecular complexity index is 837. The van der Waals surface area contributed by atoms with Crippen molar-refractivity contribution in [2.45, 2.75) is 18.9 Å². The SMILES string of the molecule is COc1cccc(C(CNC(=O)N2CCC(C(=O)Nc3nncs3)CC2)N(C)C)c1. The van der Waals surface area contributed by atoms with Gasteiger partial charge in [-0.25, -0.2) is 4.79 Å². The van der Waals surface area contributed by atoms with Gasteiger partial charge in [-0.3, -0.25) is 4.79 Å². The quantitative estimate of drug-likeness (QED) is 0.696. The van der Waals surface area contributed by atoms with Crippen LogP contribution in [0.1, 0.15) is 24.4 Å². The topological polar surface area (TPSA) is 99.7 Å². The number of methoxy groups -OCH3 is 1. The summed E-state index contributed by atoms with van der Waals surface area (Å²) in [6.45, 7) is 1.58. The molecule has 9 nitrogen and oxygen atoms in total. The van der Waals surface area contributed by atoms with E-state index in [9.17, 15) is 9.59 Å². The van der Waals surface area contributed by atoms with E-state index in [0.29, 0.717) is 37.6 Å². The number of hydrogen-bond acceptors (Lipinski definition) is 7. The van der Waals surface area contributed by atoms with E-state index in [1.165, 1.54) is 11.3 Å². The number of ether oxygens (including phenoxy) is 1. The minimum atomic E-state index is -0.121. The van der Waals surface area contributed by atoms with Gasteiger partial charge < -0.3 is 25.2 Å². The molecule has 2 N–H and O–H groups in total. The fourth-order valence-corrected chi connectivity index (χ4v) is 3.97. The molecule has 1 aromatic heterocycles. The summed E-state index contributed by atoms with van der Waals surface area (Å²) < 4.78 is 5.31. The summed E-state index contributed by atoms with van der Waals surface area (Å²) in [5, 5.41) is 13.9. The smallest absolute Gasteiger partial charge is 0.317 e. The zero-order chi connectivity index (χ0) is 21.5. The Morgan fingerprint density at radius 3 is 2.73 bits per heavy atom. The number of piperidine rings is 1. The Morgan fingerprint density at radius 2 is 2.10 bits per heavy atom. The molecule has 1 saturated heterocycles. The van der Waals surface area contributed by atoms with Crippen LogP contribution in [0.5, 0.6) is 5.75 Å². The van der Waals surface area contributed by atoms with E-state index in [-0.39, 0.29) is 23.9 Å². The van der Waals surface area contributed by atoms with Crippen LogP contribution in [-0.4, -0.2) is 72.8 Å². The third-order valence-electron chi connectivity index (χ3n) is 5.29. The van der Waals surface area contributed by atoms with Gasteiger partial charge in [0.2, 0.25) is 11.0 Å². The second-order valence-electron chi connectivity index (χ2n) is 7.44. The van der Waals surface area contributed by atoms with Crippen molar-refractivity contribution in [2.24, 2.45) is 5.92 Å². The van der Waals surface area contributed by atoms with Crippen LogP contribution >= 0.6 is 11.3 Å². The van der Waals surface area contributed by atoms with Crippen LogP contribution in [0.3, 0.4) is 0 Å². The van der Waals surface area contributed by atoms with Crippen molar-refractivity contribution in [1.29, 1.82) is 0 Å². The molecule has 1 atom stereocenters. The number of hydrogen-bond donors (Lipinski definition) is 2. The average molecular weight is 433 g/mol. The Labute approximate surface area is 180 Å². The second-order valence-corrected chi connectivity index (χ2v) is 8.27. The molecule has 10 heteroatoms. The lowest BCUT2D eigenvalue weighted by molar-refractivity contribution is -0.121. The van der Waals surface area contributed by atoms with Gasteiger partial charge in [0.05, 0.1) is 13.2 Å². The molecule has 0 aliphatic carbocycles. The molecule has 2 heterocycles. The van der Waals surface area contributed by atoms with Gasteiger partial charge in [-0.05, 0) is 44.6 Å². The lowest BCUT2D eigenvalue weighted by Gasteiger charge is -2.32. The first kappa shape index (κ1) is 22.0. The maximum atomic E-state index is 12.7. The summed E-state index contributed by atoms with van der Waals surface area (Å²) in [6.07, 6.45) is 1.26. The Morgan fingerprint density at radius 1 is 1.33 bits per heavy atom. The number of anilines is 1. The van der Waals surface area contributed by atoms with Gasteiger partial charge >= 0.3 is 6.03 Å². The molecular formula is C20H28N6O3S. The van der Waals surface area contributed by atoms with Gasteiger partial charge in [0.25, 0.3) is 0 Å². The maximum Gasteiger partial charge on any atom is 0.317 e. The highest BCUT2D eigenvalue weighted by Crippen LogP contribution is 2.23. The van der Waals surface area contributed by atoms with Crippen molar-refractivity contribution >= 4 is 28.4 Å². The normalized spacial score (nSPS) is 15.7. The molecule has 2 aromatic rings. The molecule has 0 spiro atoms. The Hall–Kier alpha value is -2.72. The van der Waals surface area contributed by atoms with Crippen LogP contribution < -0.4 is 15.4 Å². The summed E-state index contributed by atoms with van der Waals surface area (Å²) in [4.78, 5) is 28.8. The number of amides is 3. The van der Waals surface area contributed by atoms with E-state index >= 15 is 0 Å². The van der Waals surface area contributed by atoms with Gasteiger partial charge in [0, 0.05) is 25.6 Å². The zero-order valence-corrected chi connectivity index (χ0v) is 18.3. The van der Waals surface area contributed by atoms with Crippen molar-refractivity contribution < 1.29 is 14.3 Å². The molecule has 1 unspecified atom stereocenters. The molecule has 1 fully saturated rings. The predicted molar refractivity (Wildman–Crippen MR) is 116 cm³/mol. The van der Waals surface area contributed by atoms with Crippen molar-refractivity contribution in [3.63, 3.8) is 0 Å².